The van der Waals surface area contributed by atoms with E-state index in [2.05, 4.69) is 17.4 Å². The number of thiophene rings is 1. The number of primary amides is 1. The Morgan fingerprint density at radius 1 is 1.00 bits per heavy atom. The maximum atomic E-state index is 12.9. The maximum Gasteiger partial charge on any atom is 0.261 e. The van der Waals surface area contributed by atoms with Crippen molar-refractivity contribution in [3.05, 3.63) is 47.3 Å². The van der Waals surface area contributed by atoms with Gasteiger partial charge in [-0.3, -0.25) is 9.59 Å². The van der Waals surface area contributed by atoms with Gasteiger partial charge >= 0.3 is 0 Å². The van der Waals surface area contributed by atoms with Crippen LogP contribution in [0.15, 0.2) is 42.5 Å². The van der Waals surface area contributed by atoms with Crippen LogP contribution in [0, 0.1) is 23.2 Å². The molecule has 5 heteroatoms. The maximum absolute atomic E-state index is 12.9. The van der Waals surface area contributed by atoms with E-state index in [1.54, 1.807) is 0 Å². The molecule has 2 atom stereocenters. The van der Waals surface area contributed by atoms with Crippen molar-refractivity contribution in [3.8, 4) is 10.4 Å². The minimum Gasteiger partial charge on any atom is -0.369 e. The van der Waals surface area contributed by atoms with Crippen LogP contribution in [-0.2, 0) is 4.79 Å². The molecule has 1 aromatic carbocycles. The zero-order chi connectivity index (χ0) is 18.6. The second-order valence-corrected chi connectivity index (χ2v) is 9.73. The fraction of sp³-hybridized carbons (Fsp3) is 0.455. The second-order valence-electron chi connectivity index (χ2n) is 8.64. The molecule has 140 valence electrons. The minimum absolute atomic E-state index is 0.0211. The quantitative estimate of drug-likeness (QED) is 0.846. The summed E-state index contributed by atoms with van der Waals surface area (Å²) in [5, 5.41) is 3.32. The van der Waals surface area contributed by atoms with Crippen molar-refractivity contribution in [1.29, 1.82) is 0 Å². The molecule has 4 saturated carbocycles. The molecule has 4 bridgehead atoms. The molecule has 0 saturated heterocycles. The van der Waals surface area contributed by atoms with Crippen LogP contribution in [0.2, 0.25) is 0 Å². The lowest BCUT2D eigenvalue weighted by atomic mass is 9.47. The first-order valence-electron chi connectivity index (χ1n) is 9.80. The van der Waals surface area contributed by atoms with E-state index in [1.807, 2.05) is 30.3 Å². The predicted molar refractivity (Wildman–Crippen MR) is 106 cm³/mol. The third-order valence-electron chi connectivity index (χ3n) is 6.98. The molecule has 0 aliphatic heterocycles. The van der Waals surface area contributed by atoms with Crippen molar-refractivity contribution in [2.24, 2.45) is 28.9 Å². The third kappa shape index (κ3) is 2.80. The number of hydrogen-bond acceptors (Lipinski definition) is 3. The van der Waals surface area contributed by atoms with E-state index in [0.717, 1.165) is 47.4 Å². The van der Waals surface area contributed by atoms with Crippen LogP contribution in [0.25, 0.3) is 10.4 Å². The molecule has 27 heavy (non-hydrogen) atoms. The Kier molecular flexibility index (Phi) is 3.90. The van der Waals surface area contributed by atoms with E-state index in [9.17, 15) is 9.59 Å². The lowest BCUT2D eigenvalue weighted by molar-refractivity contribution is -0.145. The summed E-state index contributed by atoms with van der Waals surface area (Å²) in [4.78, 5) is 26.8. The van der Waals surface area contributed by atoms with E-state index < -0.39 is 0 Å². The second kappa shape index (κ2) is 6.20. The standard InChI is InChI=1S/C22H24N2O2S/c23-21(26)22-10-13-8-15(11-22)19(16(9-13)12-22)24-20(25)18-7-6-17(27-18)14-4-2-1-3-5-14/h1-7,13,15-16,19H,8-12H2,(H2,23,26)(H,24,25)/t13?,15?,16?,19-,22-. The average molecular weight is 381 g/mol. The van der Waals surface area contributed by atoms with Gasteiger partial charge in [0, 0.05) is 16.3 Å². The lowest BCUT2D eigenvalue weighted by Crippen LogP contribution is -2.62. The number of benzene rings is 1. The molecule has 2 aromatic rings. The molecule has 2 amide bonds. The molecule has 1 aromatic heterocycles. The summed E-state index contributed by atoms with van der Waals surface area (Å²) in [5.74, 6) is 1.28. The molecule has 0 radical (unpaired) electrons. The van der Waals surface area contributed by atoms with Gasteiger partial charge in [0.25, 0.3) is 5.91 Å². The summed E-state index contributed by atoms with van der Waals surface area (Å²) >= 11 is 1.54. The topological polar surface area (TPSA) is 72.2 Å². The zero-order valence-electron chi connectivity index (χ0n) is 15.2. The van der Waals surface area contributed by atoms with E-state index in [-0.39, 0.29) is 23.3 Å². The highest BCUT2D eigenvalue weighted by molar-refractivity contribution is 7.17. The summed E-state index contributed by atoms with van der Waals surface area (Å²) in [7, 11) is 0. The van der Waals surface area contributed by atoms with Gasteiger partial charge < -0.3 is 11.1 Å². The Morgan fingerprint density at radius 3 is 2.37 bits per heavy atom. The smallest absolute Gasteiger partial charge is 0.261 e. The van der Waals surface area contributed by atoms with Gasteiger partial charge in [0.1, 0.15) is 0 Å². The SMILES string of the molecule is NC(=O)[C@]12CC3CC(C1)[C@@H](NC(=O)c1ccc(-c4ccccc4)s1)C(C3)C2. The number of hydrogen-bond donors (Lipinski definition) is 2. The van der Waals surface area contributed by atoms with Crippen molar-refractivity contribution >= 4 is 23.2 Å². The summed E-state index contributed by atoms with van der Waals surface area (Å²) in [6.07, 6.45) is 4.90. The monoisotopic (exact) mass is 380 g/mol. The number of amides is 2. The fourth-order valence-electron chi connectivity index (χ4n) is 6.00. The van der Waals surface area contributed by atoms with Crippen LogP contribution in [0.3, 0.4) is 0 Å². The van der Waals surface area contributed by atoms with E-state index in [4.69, 9.17) is 5.73 Å². The Balaban J connectivity index is 1.33. The molecule has 4 aliphatic carbocycles. The minimum atomic E-state index is -0.304. The van der Waals surface area contributed by atoms with E-state index in [1.165, 1.54) is 11.3 Å². The molecule has 0 spiro atoms. The molecule has 3 N–H and O–H groups in total. The highest BCUT2D eigenvalue weighted by atomic mass is 32.1. The highest BCUT2D eigenvalue weighted by Gasteiger charge is 2.58. The molecule has 4 nitrogen and oxygen atoms in total. The lowest BCUT2D eigenvalue weighted by Gasteiger charge is -2.58. The van der Waals surface area contributed by atoms with E-state index >= 15 is 0 Å². The predicted octanol–water partition coefficient (Wildman–Crippen LogP) is 3.83. The van der Waals surface area contributed by atoms with Crippen molar-refractivity contribution < 1.29 is 9.59 Å². The Morgan fingerprint density at radius 2 is 1.70 bits per heavy atom. The number of rotatable bonds is 4. The highest BCUT2D eigenvalue weighted by Crippen LogP contribution is 2.59. The van der Waals surface area contributed by atoms with Crippen LogP contribution in [0.1, 0.15) is 41.8 Å². The summed E-state index contributed by atoms with van der Waals surface area (Å²) in [6.45, 7) is 0. The van der Waals surface area contributed by atoms with Crippen LogP contribution >= 0.6 is 11.3 Å². The van der Waals surface area contributed by atoms with Gasteiger partial charge in [-0.1, -0.05) is 30.3 Å². The molecule has 4 aliphatic rings. The average Bonchev–Trinajstić information content (AvgIpc) is 3.15. The van der Waals surface area contributed by atoms with Crippen molar-refractivity contribution in [1.82, 2.24) is 5.32 Å². The van der Waals surface area contributed by atoms with Crippen molar-refractivity contribution in [2.45, 2.75) is 38.1 Å². The van der Waals surface area contributed by atoms with Gasteiger partial charge in [0.2, 0.25) is 5.91 Å². The van der Waals surface area contributed by atoms with Gasteiger partial charge in [-0.05, 0) is 67.6 Å². The molecule has 1 heterocycles. The first-order valence-corrected chi connectivity index (χ1v) is 10.6. The zero-order valence-corrected chi connectivity index (χ0v) is 16.0. The number of nitrogens with two attached hydrogens (primary N) is 1. The fourth-order valence-corrected chi connectivity index (χ4v) is 6.92. The molecule has 4 fully saturated rings. The number of nitrogens with one attached hydrogen (secondary N) is 1. The first kappa shape index (κ1) is 17.0. The largest absolute Gasteiger partial charge is 0.369 e. The molecule has 2 unspecified atom stereocenters. The Bertz CT molecular complexity index is 875. The van der Waals surface area contributed by atoms with Gasteiger partial charge in [-0.15, -0.1) is 11.3 Å². The van der Waals surface area contributed by atoms with Crippen LogP contribution < -0.4 is 11.1 Å². The van der Waals surface area contributed by atoms with Crippen molar-refractivity contribution in [2.75, 3.05) is 0 Å². The number of carbonyl (C=O) groups is 2. The van der Waals surface area contributed by atoms with Crippen LogP contribution in [0.5, 0.6) is 0 Å². The van der Waals surface area contributed by atoms with Gasteiger partial charge in [-0.2, -0.15) is 0 Å². The third-order valence-corrected chi connectivity index (χ3v) is 8.11. The van der Waals surface area contributed by atoms with Crippen LogP contribution in [0.4, 0.5) is 0 Å². The summed E-state index contributed by atoms with van der Waals surface area (Å²) in [5.41, 5.74) is 6.60. The Labute approximate surface area is 163 Å². The van der Waals surface area contributed by atoms with E-state index in [0.29, 0.717) is 17.8 Å². The normalized spacial score (nSPS) is 33.8. The first-order chi connectivity index (χ1) is 13.0. The van der Waals surface area contributed by atoms with Crippen LogP contribution in [-0.4, -0.2) is 17.9 Å². The molecular weight excluding hydrogens is 356 g/mol. The van der Waals surface area contributed by atoms with Gasteiger partial charge in [0.05, 0.1) is 4.88 Å². The van der Waals surface area contributed by atoms with Crippen molar-refractivity contribution in [3.63, 3.8) is 0 Å². The Hall–Kier alpha value is -2.14. The molecule has 6 rings (SSSR count). The summed E-state index contributed by atoms with van der Waals surface area (Å²) in [6, 6.07) is 14.3. The number of carbonyl (C=O) groups excluding carboxylic acids is 2. The molecular formula is C22H24N2O2S. The van der Waals surface area contributed by atoms with Gasteiger partial charge in [-0.25, -0.2) is 0 Å². The summed E-state index contributed by atoms with van der Waals surface area (Å²) < 4.78 is 0. The van der Waals surface area contributed by atoms with Gasteiger partial charge in [0.15, 0.2) is 0 Å².